The van der Waals surface area contributed by atoms with E-state index in [9.17, 15) is 9.59 Å². The van der Waals surface area contributed by atoms with Gasteiger partial charge in [-0.05, 0) is 52.4 Å². The molecule has 1 heterocycles. The molecule has 0 aromatic heterocycles. The van der Waals surface area contributed by atoms with Crippen LogP contribution in [0.5, 0.6) is 0 Å². The first-order valence-corrected chi connectivity index (χ1v) is 9.19. The van der Waals surface area contributed by atoms with Gasteiger partial charge in [0.1, 0.15) is 12.3 Å². The van der Waals surface area contributed by atoms with Gasteiger partial charge in [0.2, 0.25) is 0 Å². The van der Waals surface area contributed by atoms with Gasteiger partial charge in [0, 0.05) is 19.6 Å². The first-order chi connectivity index (χ1) is 11.3. The van der Waals surface area contributed by atoms with Crippen LogP contribution >= 0.6 is 0 Å². The van der Waals surface area contributed by atoms with Gasteiger partial charge in [0.15, 0.2) is 0 Å². The monoisotopic (exact) mass is 340 g/mol. The van der Waals surface area contributed by atoms with Crippen molar-refractivity contribution in [2.75, 3.05) is 26.4 Å². The van der Waals surface area contributed by atoms with Crippen molar-refractivity contribution in [2.45, 2.75) is 64.9 Å². The number of nitrogens with one attached hydrogen (secondary N) is 1. The van der Waals surface area contributed by atoms with E-state index in [1.165, 1.54) is 0 Å². The Morgan fingerprint density at radius 2 is 1.71 bits per heavy atom. The molecule has 0 atom stereocenters. The number of carbonyl (C=O) groups is 2. The Kier molecular flexibility index (Phi) is 6.90. The van der Waals surface area contributed by atoms with E-state index in [0.717, 1.165) is 51.6 Å². The van der Waals surface area contributed by atoms with Crippen molar-refractivity contribution >= 4 is 12.1 Å². The molecule has 0 radical (unpaired) electrons. The zero-order valence-corrected chi connectivity index (χ0v) is 15.3. The van der Waals surface area contributed by atoms with Gasteiger partial charge in [-0.25, -0.2) is 4.79 Å². The molecule has 2 fully saturated rings. The summed E-state index contributed by atoms with van der Waals surface area (Å²) in [4.78, 5) is 25.8. The van der Waals surface area contributed by atoms with Crippen molar-refractivity contribution in [3.63, 3.8) is 0 Å². The summed E-state index contributed by atoms with van der Waals surface area (Å²) in [5, 5.41) is 2.85. The quantitative estimate of drug-likeness (QED) is 0.780. The zero-order chi connectivity index (χ0) is 17.6. The van der Waals surface area contributed by atoms with Crippen LogP contribution in [0.25, 0.3) is 0 Å². The molecule has 0 bridgehead atoms. The van der Waals surface area contributed by atoms with Gasteiger partial charge in [-0.2, -0.15) is 0 Å². The van der Waals surface area contributed by atoms with E-state index in [2.05, 4.69) is 10.2 Å². The second-order valence-electron chi connectivity index (χ2n) is 8.02. The number of amides is 1. The Morgan fingerprint density at radius 1 is 1.08 bits per heavy atom. The van der Waals surface area contributed by atoms with E-state index in [4.69, 9.17) is 9.47 Å². The average Bonchev–Trinajstić information content (AvgIpc) is 3.04. The molecule has 24 heavy (non-hydrogen) atoms. The van der Waals surface area contributed by atoms with Gasteiger partial charge in [-0.1, -0.05) is 12.8 Å². The van der Waals surface area contributed by atoms with E-state index in [1.54, 1.807) is 0 Å². The van der Waals surface area contributed by atoms with Gasteiger partial charge >= 0.3 is 12.1 Å². The molecule has 1 saturated carbocycles. The molecule has 0 spiro atoms. The first-order valence-electron chi connectivity index (χ1n) is 9.19. The number of ether oxygens (including phenoxy) is 2. The molecular weight excluding hydrogens is 308 g/mol. The van der Waals surface area contributed by atoms with Crippen LogP contribution in [0, 0.1) is 11.8 Å². The van der Waals surface area contributed by atoms with Gasteiger partial charge in [-0.3, -0.25) is 9.69 Å². The molecule has 0 aromatic carbocycles. The lowest BCUT2D eigenvalue weighted by Crippen LogP contribution is -2.41. The van der Waals surface area contributed by atoms with Crippen LogP contribution in [0.15, 0.2) is 0 Å². The molecule has 1 aliphatic heterocycles. The summed E-state index contributed by atoms with van der Waals surface area (Å²) in [5.74, 6) is 0.557. The number of hydrogen-bond donors (Lipinski definition) is 1. The molecular formula is C18H32N2O4. The minimum Gasteiger partial charge on any atom is -0.449 e. The molecule has 1 N–H and O–H groups in total. The van der Waals surface area contributed by atoms with Gasteiger partial charge < -0.3 is 14.8 Å². The standard InChI is InChI=1S/C18H32N2O4/c1-18(2,3)24-17(22)19-12-14-8-10-20(11-9-14)13-23-16(21)15-6-4-5-7-15/h14-15H,4-13H2,1-3H3,(H,19,22). The van der Waals surface area contributed by atoms with Crippen LogP contribution in [0.3, 0.4) is 0 Å². The van der Waals surface area contributed by atoms with Crippen LogP contribution in [-0.2, 0) is 14.3 Å². The highest BCUT2D eigenvalue weighted by Gasteiger charge is 2.26. The minimum atomic E-state index is -0.462. The van der Waals surface area contributed by atoms with Crippen LogP contribution < -0.4 is 5.32 Å². The molecule has 0 unspecified atom stereocenters. The highest BCUT2D eigenvalue weighted by atomic mass is 16.6. The lowest BCUT2D eigenvalue weighted by atomic mass is 9.97. The maximum Gasteiger partial charge on any atom is 0.407 e. The van der Waals surface area contributed by atoms with E-state index in [1.807, 2.05) is 20.8 Å². The third-order valence-corrected chi connectivity index (χ3v) is 4.72. The largest absolute Gasteiger partial charge is 0.449 e. The first kappa shape index (κ1) is 19.0. The number of nitrogens with zero attached hydrogens (tertiary/aromatic N) is 1. The highest BCUT2D eigenvalue weighted by molar-refractivity contribution is 5.72. The molecule has 1 saturated heterocycles. The summed E-state index contributed by atoms with van der Waals surface area (Å²) < 4.78 is 10.7. The molecule has 138 valence electrons. The number of likely N-dealkylation sites (tertiary alicyclic amines) is 1. The SMILES string of the molecule is CC(C)(C)OC(=O)NCC1CCN(COC(=O)C2CCCC2)CC1. The van der Waals surface area contributed by atoms with E-state index >= 15 is 0 Å². The van der Waals surface area contributed by atoms with Crippen molar-refractivity contribution in [3.05, 3.63) is 0 Å². The van der Waals surface area contributed by atoms with E-state index in [0.29, 0.717) is 19.2 Å². The third kappa shape index (κ3) is 6.67. The predicted octanol–water partition coefficient (Wildman–Crippen LogP) is 2.91. The van der Waals surface area contributed by atoms with Crippen molar-refractivity contribution in [2.24, 2.45) is 11.8 Å². The summed E-state index contributed by atoms with van der Waals surface area (Å²) >= 11 is 0. The highest BCUT2D eigenvalue weighted by Crippen LogP contribution is 2.26. The van der Waals surface area contributed by atoms with Crippen molar-refractivity contribution in [1.82, 2.24) is 10.2 Å². The summed E-state index contributed by atoms with van der Waals surface area (Å²) in [5.41, 5.74) is -0.462. The van der Waals surface area contributed by atoms with Crippen LogP contribution in [-0.4, -0.2) is 48.9 Å². The summed E-state index contributed by atoms with van der Waals surface area (Å²) in [7, 11) is 0. The Balaban J connectivity index is 1.57. The maximum atomic E-state index is 11.9. The van der Waals surface area contributed by atoms with Crippen molar-refractivity contribution in [1.29, 1.82) is 0 Å². The topological polar surface area (TPSA) is 67.9 Å². The lowest BCUT2D eigenvalue weighted by Gasteiger charge is -2.31. The normalized spacial score (nSPS) is 20.8. The van der Waals surface area contributed by atoms with Crippen LogP contribution in [0.2, 0.25) is 0 Å². The molecule has 2 rings (SSSR count). The number of hydrogen-bond acceptors (Lipinski definition) is 5. The fourth-order valence-corrected chi connectivity index (χ4v) is 3.30. The smallest absolute Gasteiger partial charge is 0.407 e. The number of piperidine rings is 1. The molecule has 6 nitrogen and oxygen atoms in total. The van der Waals surface area contributed by atoms with Gasteiger partial charge in [-0.15, -0.1) is 0 Å². The molecule has 6 heteroatoms. The van der Waals surface area contributed by atoms with Crippen molar-refractivity contribution in [3.8, 4) is 0 Å². The Morgan fingerprint density at radius 3 is 2.29 bits per heavy atom. The second-order valence-corrected chi connectivity index (χ2v) is 8.02. The summed E-state index contributed by atoms with van der Waals surface area (Å²) in [6.07, 6.45) is 5.91. The molecule has 0 aromatic rings. The van der Waals surface area contributed by atoms with Gasteiger partial charge in [0.25, 0.3) is 0 Å². The number of esters is 1. The Labute approximate surface area is 145 Å². The molecule has 1 amide bonds. The number of carbonyl (C=O) groups excluding carboxylic acids is 2. The fourth-order valence-electron chi connectivity index (χ4n) is 3.30. The summed E-state index contributed by atoms with van der Waals surface area (Å²) in [6.45, 7) is 8.43. The molecule has 2 aliphatic rings. The Hall–Kier alpha value is -1.30. The fraction of sp³-hybridized carbons (Fsp3) is 0.889. The lowest BCUT2D eigenvalue weighted by molar-refractivity contribution is -0.153. The predicted molar refractivity (Wildman–Crippen MR) is 91.5 cm³/mol. The number of alkyl carbamates (subject to hydrolysis) is 1. The maximum absolute atomic E-state index is 11.9. The number of rotatable bonds is 5. The second kappa shape index (κ2) is 8.70. The Bertz CT molecular complexity index is 419. The minimum absolute atomic E-state index is 0.0267. The molecule has 1 aliphatic carbocycles. The summed E-state index contributed by atoms with van der Waals surface area (Å²) in [6, 6.07) is 0. The van der Waals surface area contributed by atoms with Crippen molar-refractivity contribution < 1.29 is 19.1 Å². The van der Waals surface area contributed by atoms with E-state index < -0.39 is 5.60 Å². The van der Waals surface area contributed by atoms with E-state index in [-0.39, 0.29) is 18.0 Å². The average molecular weight is 340 g/mol. The van der Waals surface area contributed by atoms with Crippen LogP contribution in [0.4, 0.5) is 4.79 Å². The van der Waals surface area contributed by atoms with Gasteiger partial charge in [0.05, 0.1) is 5.92 Å². The van der Waals surface area contributed by atoms with Crippen LogP contribution in [0.1, 0.15) is 59.3 Å². The zero-order valence-electron chi connectivity index (χ0n) is 15.3. The third-order valence-electron chi connectivity index (χ3n) is 4.72.